The molecular weight excluding hydrogens is 270 g/mol. The van der Waals surface area contributed by atoms with Crippen LogP contribution < -0.4 is 10.6 Å². The lowest BCUT2D eigenvalue weighted by molar-refractivity contribution is 0.0168. The van der Waals surface area contributed by atoms with Crippen molar-refractivity contribution in [2.45, 2.75) is 44.8 Å². The summed E-state index contributed by atoms with van der Waals surface area (Å²) < 4.78 is 16.5. The van der Waals surface area contributed by atoms with Crippen molar-refractivity contribution >= 4 is 5.96 Å². The number of nitrogens with one attached hydrogen (secondary N) is 2. The van der Waals surface area contributed by atoms with Crippen LogP contribution in [0.5, 0.6) is 0 Å². The van der Waals surface area contributed by atoms with Gasteiger partial charge in [0.15, 0.2) is 5.96 Å². The average Bonchev–Trinajstić information content (AvgIpc) is 2.99. The van der Waals surface area contributed by atoms with Crippen molar-refractivity contribution in [3.8, 4) is 0 Å². The van der Waals surface area contributed by atoms with Crippen molar-refractivity contribution in [2.75, 3.05) is 47.1 Å². The van der Waals surface area contributed by atoms with Gasteiger partial charge in [0.2, 0.25) is 0 Å². The predicted molar refractivity (Wildman–Crippen MR) is 84.9 cm³/mol. The number of hydrogen-bond donors (Lipinski definition) is 2. The number of aliphatic imine (C=N–C) groups is 1. The van der Waals surface area contributed by atoms with E-state index in [-0.39, 0.29) is 5.60 Å². The Morgan fingerprint density at radius 3 is 2.81 bits per heavy atom. The number of ether oxygens (including phenoxy) is 3. The molecule has 1 rings (SSSR count). The van der Waals surface area contributed by atoms with Gasteiger partial charge in [-0.3, -0.25) is 4.99 Å². The van der Waals surface area contributed by atoms with E-state index in [2.05, 4.69) is 15.6 Å². The molecule has 1 aliphatic rings. The molecule has 0 spiro atoms. The molecule has 1 aliphatic heterocycles. The van der Waals surface area contributed by atoms with E-state index in [0.29, 0.717) is 12.6 Å². The Morgan fingerprint density at radius 2 is 2.19 bits per heavy atom. The summed E-state index contributed by atoms with van der Waals surface area (Å²) in [6, 6.07) is 0. The first-order chi connectivity index (χ1) is 10.1. The highest BCUT2D eigenvalue weighted by Gasteiger charge is 2.16. The zero-order valence-electron chi connectivity index (χ0n) is 13.9. The standard InChI is InChI=1S/C15H31N3O3/c1-15(2,19-4)12-18-14(16-3)17-8-6-9-20-11-13-7-5-10-21-13/h13H,5-12H2,1-4H3,(H2,16,17,18). The predicted octanol–water partition coefficient (Wildman–Crippen LogP) is 1.16. The van der Waals surface area contributed by atoms with Gasteiger partial charge in [0, 0.05) is 40.5 Å². The zero-order chi connectivity index (χ0) is 15.6. The molecule has 0 aromatic carbocycles. The van der Waals surface area contributed by atoms with Gasteiger partial charge >= 0.3 is 0 Å². The van der Waals surface area contributed by atoms with Gasteiger partial charge in [-0.15, -0.1) is 0 Å². The van der Waals surface area contributed by atoms with Gasteiger partial charge in [-0.25, -0.2) is 0 Å². The number of methoxy groups -OCH3 is 1. The van der Waals surface area contributed by atoms with Crippen LogP contribution in [0.2, 0.25) is 0 Å². The molecule has 6 nitrogen and oxygen atoms in total. The Bertz CT molecular complexity index is 303. The van der Waals surface area contributed by atoms with Gasteiger partial charge in [-0.1, -0.05) is 0 Å². The molecule has 1 fully saturated rings. The van der Waals surface area contributed by atoms with Crippen molar-refractivity contribution in [3.05, 3.63) is 0 Å². The van der Waals surface area contributed by atoms with Gasteiger partial charge in [0.1, 0.15) is 0 Å². The first-order valence-corrected chi connectivity index (χ1v) is 7.76. The summed E-state index contributed by atoms with van der Waals surface area (Å²) in [6.07, 6.45) is 3.55. The lowest BCUT2D eigenvalue weighted by Gasteiger charge is -2.24. The Kier molecular flexibility index (Phi) is 8.64. The van der Waals surface area contributed by atoms with Crippen LogP contribution in [0.25, 0.3) is 0 Å². The van der Waals surface area contributed by atoms with Crippen LogP contribution in [0, 0.1) is 0 Å². The maximum atomic E-state index is 5.62. The third kappa shape index (κ3) is 8.24. The molecule has 0 aromatic heterocycles. The van der Waals surface area contributed by atoms with Gasteiger partial charge in [-0.2, -0.15) is 0 Å². The summed E-state index contributed by atoms with van der Waals surface area (Å²) in [7, 11) is 3.48. The maximum absolute atomic E-state index is 5.62. The third-order valence-corrected chi connectivity index (χ3v) is 3.54. The topological polar surface area (TPSA) is 64.1 Å². The maximum Gasteiger partial charge on any atom is 0.191 e. The number of guanidine groups is 1. The number of rotatable bonds is 9. The minimum absolute atomic E-state index is 0.206. The highest BCUT2D eigenvalue weighted by molar-refractivity contribution is 5.79. The van der Waals surface area contributed by atoms with Crippen LogP contribution in [-0.2, 0) is 14.2 Å². The van der Waals surface area contributed by atoms with Crippen LogP contribution >= 0.6 is 0 Å². The lowest BCUT2D eigenvalue weighted by Crippen LogP contribution is -2.45. The fourth-order valence-corrected chi connectivity index (χ4v) is 1.96. The lowest BCUT2D eigenvalue weighted by atomic mass is 10.1. The summed E-state index contributed by atoms with van der Waals surface area (Å²) in [6.45, 7) is 7.95. The fraction of sp³-hybridized carbons (Fsp3) is 0.933. The molecule has 0 radical (unpaired) electrons. The van der Waals surface area contributed by atoms with Crippen LogP contribution in [-0.4, -0.2) is 64.7 Å². The summed E-state index contributed by atoms with van der Waals surface area (Å²) in [5, 5.41) is 6.52. The molecule has 0 bridgehead atoms. The molecule has 1 unspecified atom stereocenters. The average molecular weight is 301 g/mol. The quantitative estimate of drug-likeness (QED) is 0.380. The van der Waals surface area contributed by atoms with Crippen molar-refractivity contribution in [1.82, 2.24) is 10.6 Å². The van der Waals surface area contributed by atoms with E-state index in [1.807, 2.05) is 13.8 Å². The molecule has 1 heterocycles. The molecule has 2 N–H and O–H groups in total. The van der Waals surface area contributed by atoms with E-state index in [4.69, 9.17) is 14.2 Å². The second kappa shape index (κ2) is 9.97. The van der Waals surface area contributed by atoms with Gasteiger partial charge in [0.25, 0.3) is 0 Å². The van der Waals surface area contributed by atoms with E-state index in [1.54, 1.807) is 14.2 Å². The van der Waals surface area contributed by atoms with Crippen molar-refractivity contribution in [1.29, 1.82) is 0 Å². The first-order valence-electron chi connectivity index (χ1n) is 7.76. The van der Waals surface area contributed by atoms with Crippen LogP contribution in [0.1, 0.15) is 33.1 Å². The van der Waals surface area contributed by atoms with Crippen molar-refractivity contribution < 1.29 is 14.2 Å². The van der Waals surface area contributed by atoms with Gasteiger partial charge in [0.05, 0.1) is 18.3 Å². The molecular formula is C15H31N3O3. The Labute approximate surface area is 128 Å². The second-order valence-electron chi connectivity index (χ2n) is 5.88. The smallest absolute Gasteiger partial charge is 0.191 e. The molecule has 124 valence electrons. The van der Waals surface area contributed by atoms with Crippen LogP contribution in [0.3, 0.4) is 0 Å². The Balaban J connectivity index is 2.01. The Morgan fingerprint density at radius 1 is 1.38 bits per heavy atom. The molecule has 0 amide bonds. The zero-order valence-corrected chi connectivity index (χ0v) is 13.9. The van der Waals surface area contributed by atoms with Crippen LogP contribution in [0.4, 0.5) is 0 Å². The monoisotopic (exact) mass is 301 g/mol. The molecule has 21 heavy (non-hydrogen) atoms. The van der Waals surface area contributed by atoms with Crippen molar-refractivity contribution in [2.24, 2.45) is 4.99 Å². The summed E-state index contributed by atoms with van der Waals surface area (Å²) in [5.41, 5.74) is -0.206. The van der Waals surface area contributed by atoms with Gasteiger partial charge in [-0.05, 0) is 33.1 Å². The minimum Gasteiger partial charge on any atom is -0.379 e. The molecule has 0 aromatic rings. The largest absolute Gasteiger partial charge is 0.379 e. The molecule has 0 saturated carbocycles. The number of hydrogen-bond acceptors (Lipinski definition) is 4. The number of nitrogens with zero attached hydrogens (tertiary/aromatic N) is 1. The third-order valence-electron chi connectivity index (χ3n) is 3.54. The molecule has 0 aliphatic carbocycles. The SMILES string of the molecule is CN=C(NCCCOCC1CCCO1)NCC(C)(C)OC. The fourth-order valence-electron chi connectivity index (χ4n) is 1.96. The van der Waals surface area contributed by atoms with E-state index in [1.165, 1.54) is 0 Å². The summed E-state index contributed by atoms with van der Waals surface area (Å²) >= 11 is 0. The molecule has 6 heteroatoms. The molecule has 1 saturated heterocycles. The normalized spacial score (nSPS) is 19.8. The highest BCUT2D eigenvalue weighted by Crippen LogP contribution is 2.11. The minimum atomic E-state index is -0.206. The summed E-state index contributed by atoms with van der Waals surface area (Å²) in [4.78, 5) is 4.18. The van der Waals surface area contributed by atoms with E-state index < -0.39 is 0 Å². The van der Waals surface area contributed by atoms with E-state index in [9.17, 15) is 0 Å². The van der Waals surface area contributed by atoms with E-state index >= 15 is 0 Å². The van der Waals surface area contributed by atoms with Crippen LogP contribution in [0.15, 0.2) is 4.99 Å². The Hall–Kier alpha value is -0.850. The summed E-state index contributed by atoms with van der Waals surface area (Å²) in [5.74, 6) is 0.791. The first kappa shape index (κ1) is 18.2. The highest BCUT2D eigenvalue weighted by atomic mass is 16.5. The second-order valence-corrected chi connectivity index (χ2v) is 5.88. The van der Waals surface area contributed by atoms with E-state index in [0.717, 1.165) is 51.6 Å². The van der Waals surface area contributed by atoms with Crippen molar-refractivity contribution in [3.63, 3.8) is 0 Å². The van der Waals surface area contributed by atoms with Gasteiger partial charge < -0.3 is 24.8 Å². The molecule has 1 atom stereocenters.